The average Bonchev–Trinajstić information content (AvgIpc) is 3.22. The molecule has 1 heterocycles. The highest BCUT2D eigenvalue weighted by atomic mass is 79.9. The molecule has 0 unspecified atom stereocenters. The molecule has 1 aromatic heterocycles. The van der Waals surface area contributed by atoms with Crippen molar-refractivity contribution >= 4 is 21.8 Å². The second-order valence-electron chi connectivity index (χ2n) is 7.40. The van der Waals surface area contributed by atoms with Gasteiger partial charge in [-0.3, -0.25) is 4.79 Å². The number of alkyl halides is 3. The van der Waals surface area contributed by atoms with E-state index in [0.717, 1.165) is 22.6 Å². The summed E-state index contributed by atoms with van der Waals surface area (Å²) in [5, 5.41) is 7.60. The predicted molar refractivity (Wildman–Crippen MR) is 112 cm³/mol. The lowest BCUT2D eigenvalue weighted by molar-refractivity contribution is -0.140. The maximum absolute atomic E-state index is 12.7. The Kier molecular flexibility index (Phi) is 6.52. The van der Waals surface area contributed by atoms with Gasteiger partial charge in [-0.1, -0.05) is 48.0 Å². The molecule has 0 aliphatic rings. The van der Waals surface area contributed by atoms with E-state index in [2.05, 4.69) is 36.1 Å². The van der Waals surface area contributed by atoms with Crippen molar-refractivity contribution in [3.63, 3.8) is 0 Å². The Bertz CT molecular complexity index is 1160. The molecule has 0 spiro atoms. The topological polar surface area (TPSA) is 73.7 Å². The van der Waals surface area contributed by atoms with Crippen LogP contribution in [-0.4, -0.2) is 22.0 Å². The lowest BCUT2D eigenvalue weighted by Crippen LogP contribution is -2.21. The second-order valence-corrected chi connectivity index (χ2v) is 8.32. The van der Waals surface area contributed by atoms with Crippen LogP contribution in [0.2, 0.25) is 0 Å². The zero-order valence-corrected chi connectivity index (χ0v) is 18.2. The summed E-state index contributed by atoms with van der Waals surface area (Å²) in [7, 11) is 0. The normalized spacial score (nSPS) is 11.7. The molecule has 0 radical (unpaired) electrons. The molecule has 0 aliphatic carbocycles. The molecule has 0 N–H and O–H groups in total. The zero-order chi connectivity index (χ0) is 22.6. The highest BCUT2D eigenvalue weighted by Crippen LogP contribution is 2.28. The molecular weight excluding hydrogens is 475 g/mol. The average molecular weight is 493 g/mol. The lowest BCUT2D eigenvalue weighted by Gasteiger charge is -2.20. The minimum Gasteiger partial charge on any atom is -0.306 e. The fourth-order valence-electron chi connectivity index (χ4n) is 2.75. The van der Waals surface area contributed by atoms with Crippen molar-refractivity contribution in [3.8, 4) is 5.69 Å². The molecule has 0 aliphatic heterocycles. The molecule has 1 amide bonds. The smallest absolute Gasteiger partial charge is 0.306 e. The van der Waals surface area contributed by atoms with Crippen molar-refractivity contribution in [1.82, 2.24) is 14.5 Å². The number of benzene rings is 2. The number of hydrogen-bond acceptors (Lipinski definition) is 3. The van der Waals surface area contributed by atoms with Crippen LogP contribution in [0.15, 0.2) is 75.8 Å². The second kappa shape index (κ2) is 8.95. The molecule has 6 nitrogen and oxygen atoms in total. The van der Waals surface area contributed by atoms with E-state index in [4.69, 9.17) is 0 Å². The molecule has 0 bridgehead atoms. The summed E-state index contributed by atoms with van der Waals surface area (Å²) < 4.78 is 40.4. The lowest BCUT2D eigenvalue weighted by atomic mass is 9.85. The summed E-state index contributed by atoms with van der Waals surface area (Å²) in [5.41, 5.74) is 0.236. The highest BCUT2D eigenvalue weighted by molar-refractivity contribution is 9.10. The number of carbonyl (C=O) groups is 1. The number of imidazole rings is 1. The molecule has 0 fully saturated rings. The molecule has 0 atom stereocenters. The van der Waals surface area contributed by atoms with Crippen LogP contribution in [0.1, 0.15) is 35.5 Å². The molecule has 31 heavy (non-hydrogen) atoms. The minimum atomic E-state index is -4.54. The van der Waals surface area contributed by atoms with E-state index in [1.807, 2.05) is 38.1 Å². The van der Waals surface area contributed by atoms with Gasteiger partial charge in [0.2, 0.25) is 10.0 Å². The first kappa shape index (κ1) is 22.6. The Hall–Kier alpha value is -3.10. The predicted octanol–water partition coefficient (Wildman–Crippen LogP) is 5.74. The van der Waals surface area contributed by atoms with E-state index in [0.29, 0.717) is 12.2 Å². The number of amides is 1. The Morgan fingerprint density at radius 1 is 1.16 bits per heavy atom. The van der Waals surface area contributed by atoms with Crippen LogP contribution in [0.4, 0.5) is 13.2 Å². The molecule has 10 heteroatoms. The maximum Gasteiger partial charge on any atom is 0.434 e. The van der Waals surface area contributed by atoms with Crippen molar-refractivity contribution in [2.75, 3.05) is 6.54 Å². The van der Waals surface area contributed by atoms with Crippen LogP contribution in [0.25, 0.3) is 5.69 Å². The van der Waals surface area contributed by atoms with Gasteiger partial charge >= 0.3 is 12.1 Å². The summed E-state index contributed by atoms with van der Waals surface area (Å²) in [5.74, 6) is -0.651. The van der Waals surface area contributed by atoms with Gasteiger partial charge in [0.1, 0.15) is 11.7 Å². The van der Waals surface area contributed by atoms with Crippen LogP contribution < -0.4 is 4.91 Å². The molecule has 2 aromatic carbocycles. The van der Waals surface area contributed by atoms with Gasteiger partial charge in [-0.2, -0.15) is 13.2 Å². The summed E-state index contributed by atoms with van der Waals surface area (Å²) in [6, 6.07) is 13.8. The fraction of sp³-hybridized carbons (Fsp3) is 0.238. The molecule has 3 rings (SSSR count). The van der Waals surface area contributed by atoms with Gasteiger partial charge in [-0.15, -0.1) is 0 Å². The third-order valence-electron chi connectivity index (χ3n) is 4.54. The van der Waals surface area contributed by atoms with E-state index >= 15 is 0 Å². The number of carbonyl (C=O) groups excluding carboxylic acids is 1. The van der Waals surface area contributed by atoms with Gasteiger partial charge in [0.05, 0.1) is 11.9 Å². The van der Waals surface area contributed by atoms with Gasteiger partial charge in [0.25, 0.3) is 0 Å². The third-order valence-corrected chi connectivity index (χ3v) is 5.03. The first-order valence-corrected chi connectivity index (χ1v) is 9.95. The third kappa shape index (κ3) is 5.74. The van der Waals surface area contributed by atoms with Crippen molar-refractivity contribution in [3.05, 3.63) is 82.3 Å². The summed E-state index contributed by atoms with van der Waals surface area (Å²) in [4.78, 5) is 19.3. The molecule has 0 saturated carbocycles. The summed E-state index contributed by atoms with van der Waals surface area (Å²) in [6.07, 6.45) is -2.66. The number of halogens is 4. The Morgan fingerprint density at radius 2 is 1.90 bits per heavy atom. The van der Waals surface area contributed by atoms with Gasteiger partial charge in [-0.05, 0) is 35.9 Å². The Morgan fingerprint density at radius 3 is 2.58 bits per heavy atom. The largest absolute Gasteiger partial charge is 0.434 e. The first-order valence-electron chi connectivity index (χ1n) is 9.16. The molecule has 160 valence electrons. The number of hydrogen-bond donors (Lipinski definition) is 0. The SMILES string of the molecule is CC(C)(CN=[N+]=NC(=O)c1cccc(-n2cnc(C(F)(F)F)c2)c1)c1cccc(Br)c1. The van der Waals surface area contributed by atoms with Gasteiger partial charge < -0.3 is 4.57 Å². The van der Waals surface area contributed by atoms with Crippen LogP contribution in [0.5, 0.6) is 0 Å². The van der Waals surface area contributed by atoms with Crippen molar-refractivity contribution in [2.24, 2.45) is 10.2 Å². The highest BCUT2D eigenvalue weighted by Gasteiger charge is 2.33. The van der Waals surface area contributed by atoms with Crippen molar-refractivity contribution in [2.45, 2.75) is 25.4 Å². The zero-order valence-electron chi connectivity index (χ0n) is 16.6. The first-order chi connectivity index (χ1) is 14.6. The van der Waals surface area contributed by atoms with E-state index in [1.54, 1.807) is 12.1 Å². The summed E-state index contributed by atoms with van der Waals surface area (Å²) in [6.45, 7) is 4.31. The number of rotatable bonds is 5. The number of aromatic nitrogens is 2. The van der Waals surface area contributed by atoms with Crippen LogP contribution in [0, 0.1) is 0 Å². The van der Waals surface area contributed by atoms with Crippen molar-refractivity contribution in [1.29, 1.82) is 0 Å². The van der Waals surface area contributed by atoms with Crippen molar-refractivity contribution < 1.29 is 18.0 Å². The monoisotopic (exact) mass is 492 g/mol. The number of nitrogens with zero attached hydrogens (tertiary/aromatic N) is 5. The van der Waals surface area contributed by atoms with Gasteiger partial charge in [-0.25, -0.2) is 4.98 Å². The Labute approximate surface area is 184 Å². The van der Waals surface area contributed by atoms with Crippen LogP contribution in [-0.2, 0) is 11.6 Å². The summed E-state index contributed by atoms with van der Waals surface area (Å²) >= 11 is 3.44. The molecule has 0 saturated heterocycles. The van der Waals surface area contributed by atoms with Crippen LogP contribution in [0.3, 0.4) is 0 Å². The van der Waals surface area contributed by atoms with Gasteiger partial charge in [0, 0.05) is 21.8 Å². The van der Waals surface area contributed by atoms with Gasteiger partial charge in [0.15, 0.2) is 5.69 Å². The fourth-order valence-corrected chi connectivity index (χ4v) is 3.15. The van der Waals surface area contributed by atoms with Crippen LogP contribution >= 0.6 is 15.9 Å². The minimum absolute atomic E-state index is 0.171. The quantitative estimate of drug-likeness (QED) is 0.336. The van der Waals surface area contributed by atoms with E-state index in [9.17, 15) is 18.0 Å². The van der Waals surface area contributed by atoms with E-state index < -0.39 is 17.8 Å². The molecular formula is C21H18BrF3N5O+. The van der Waals surface area contributed by atoms with E-state index in [1.165, 1.54) is 16.7 Å². The standard InChI is InChI=1S/C21H18BrF3N5O/c1-20(2,15-6-4-7-16(22)10-15)12-27-29-28-19(31)14-5-3-8-17(9-14)30-11-18(26-13-30)21(23,24)25/h3-11,13H,12H2,1-2H3/q+1. The van der Waals surface area contributed by atoms with E-state index in [-0.39, 0.29) is 11.0 Å². The maximum atomic E-state index is 12.7. The molecule has 3 aromatic rings. The Balaban J connectivity index is 1.72.